The molecule has 0 aromatic carbocycles. The first kappa shape index (κ1) is 9.04. The fourth-order valence-electron chi connectivity index (χ4n) is 1.18. The van der Waals surface area contributed by atoms with Crippen molar-refractivity contribution >= 4 is 5.84 Å². The van der Waals surface area contributed by atoms with E-state index in [0.717, 1.165) is 24.3 Å². The summed E-state index contributed by atoms with van der Waals surface area (Å²) in [5.74, 6) is 0.951. The molecule has 1 aliphatic heterocycles. The zero-order chi connectivity index (χ0) is 8.97. The highest BCUT2D eigenvalue weighted by molar-refractivity contribution is 5.98. The normalized spacial score (nSPS) is 24.3. The number of amidine groups is 1. The standard InChI is InChI=1S/C10H16N2/c1-4-7-11-10-8(2)5-6-9(3)12-10/h4,7,9H,2,5-6H2,1,3H3,(H,11,12)/b7-4-. The zero-order valence-electron chi connectivity index (χ0n) is 7.80. The van der Waals surface area contributed by atoms with Crippen molar-refractivity contribution in [3.63, 3.8) is 0 Å². The third-order valence-corrected chi connectivity index (χ3v) is 1.93. The molecule has 1 unspecified atom stereocenters. The van der Waals surface area contributed by atoms with Crippen molar-refractivity contribution in [3.8, 4) is 0 Å². The van der Waals surface area contributed by atoms with Crippen LogP contribution >= 0.6 is 0 Å². The quantitative estimate of drug-likeness (QED) is 0.631. The Morgan fingerprint density at radius 2 is 2.42 bits per heavy atom. The minimum Gasteiger partial charge on any atom is -0.347 e. The Bertz CT molecular complexity index is 226. The lowest BCUT2D eigenvalue weighted by molar-refractivity contribution is 0.648. The van der Waals surface area contributed by atoms with E-state index in [0.29, 0.717) is 6.04 Å². The van der Waals surface area contributed by atoms with Gasteiger partial charge in [-0.2, -0.15) is 0 Å². The van der Waals surface area contributed by atoms with Gasteiger partial charge in [0.2, 0.25) is 0 Å². The fourth-order valence-corrected chi connectivity index (χ4v) is 1.18. The van der Waals surface area contributed by atoms with E-state index in [2.05, 4.69) is 23.8 Å². The van der Waals surface area contributed by atoms with Gasteiger partial charge in [0.1, 0.15) is 5.84 Å². The van der Waals surface area contributed by atoms with E-state index in [-0.39, 0.29) is 0 Å². The average Bonchev–Trinajstić information content (AvgIpc) is 2.07. The van der Waals surface area contributed by atoms with Crippen LogP contribution in [-0.2, 0) is 0 Å². The Labute approximate surface area is 74.1 Å². The molecule has 0 bridgehead atoms. The lowest BCUT2D eigenvalue weighted by atomic mass is 10.0. The first-order valence-corrected chi connectivity index (χ1v) is 4.37. The molecule has 1 heterocycles. The van der Waals surface area contributed by atoms with Crippen molar-refractivity contribution in [2.75, 3.05) is 0 Å². The first-order chi connectivity index (χ1) is 5.74. The lowest BCUT2D eigenvalue weighted by Crippen LogP contribution is -2.25. The molecule has 0 aromatic rings. The number of aliphatic imine (C=N–C) groups is 1. The molecule has 0 fully saturated rings. The van der Waals surface area contributed by atoms with Crippen LogP contribution in [0.4, 0.5) is 0 Å². The SMILES string of the molecule is C=C1CCC(C)N=C1N/C=C\C. The number of hydrogen-bond acceptors (Lipinski definition) is 2. The molecule has 0 aliphatic carbocycles. The third kappa shape index (κ3) is 2.22. The first-order valence-electron chi connectivity index (χ1n) is 4.37. The minimum atomic E-state index is 0.434. The number of nitrogens with zero attached hydrogens (tertiary/aromatic N) is 1. The summed E-state index contributed by atoms with van der Waals surface area (Å²) in [6.45, 7) is 8.06. The smallest absolute Gasteiger partial charge is 0.127 e. The van der Waals surface area contributed by atoms with Crippen molar-refractivity contribution < 1.29 is 0 Å². The Morgan fingerprint density at radius 3 is 3.08 bits per heavy atom. The number of hydrogen-bond donors (Lipinski definition) is 1. The van der Waals surface area contributed by atoms with Crippen LogP contribution in [0.3, 0.4) is 0 Å². The monoisotopic (exact) mass is 164 g/mol. The van der Waals surface area contributed by atoms with Gasteiger partial charge in [-0.25, -0.2) is 0 Å². The average molecular weight is 164 g/mol. The Hall–Kier alpha value is -1.05. The lowest BCUT2D eigenvalue weighted by Gasteiger charge is -2.18. The van der Waals surface area contributed by atoms with Crippen LogP contribution in [0, 0.1) is 0 Å². The van der Waals surface area contributed by atoms with Gasteiger partial charge in [0.05, 0.1) is 0 Å². The zero-order valence-corrected chi connectivity index (χ0v) is 7.80. The molecular formula is C10H16N2. The predicted octanol–water partition coefficient (Wildman–Crippen LogP) is 2.25. The van der Waals surface area contributed by atoms with Crippen molar-refractivity contribution in [2.45, 2.75) is 32.7 Å². The third-order valence-electron chi connectivity index (χ3n) is 1.93. The molecule has 1 atom stereocenters. The molecule has 0 aromatic heterocycles. The van der Waals surface area contributed by atoms with Crippen molar-refractivity contribution in [3.05, 3.63) is 24.4 Å². The summed E-state index contributed by atoms with van der Waals surface area (Å²) in [6.07, 6.45) is 6.03. The predicted molar refractivity (Wildman–Crippen MR) is 53.2 cm³/mol. The molecule has 1 rings (SSSR count). The van der Waals surface area contributed by atoms with Gasteiger partial charge in [-0.05, 0) is 38.5 Å². The second kappa shape index (κ2) is 4.10. The van der Waals surface area contributed by atoms with Crippen LogP contribution in [0.15, 0.2) is 29.4 Å². The number of allylic oxidation sites excluding steroid dienone is 1. The molecule has 1 aliphatic rings. The summed E-state index contributed by atoms with van der Waals surface area (Å²) in [4.78, 5) is 4.46. The maximum absolute atomic E-state index is 4.46. The van der Waals surface area contributed by atoms with Gasteiger partial charge in [0.25, 0.3) is 0 Å². The highest BCUT2D eigenvalue weighted by Gasteiger charge is 2.12. The van der Waals surface area contributed by atoms with Gasteiger partial charge >= 0.3 is 0 Å². The van der Waals surface area contributed by atoms with Gasteiger partial charge in [-0.1, -0.05) is 12.7 Å². The van der Waals surface area contributed by atoms with E-state index in [9.17, 15) is 0 Å². The number of rotatable bonds is 1. The highest BCUT2D eigenvalue weighted by Crippen LogP contribution is 2.15. The molecule has 0 amide bonds. The molecule has 0 saturated carbocycles. The topological polar surface area (TPSA) is 24.4 Å². The molecule has 0 spiro atoms. The molecule has 0 saturated heterocycles. The summed E-state index contributed by atoms with van der Waals surface area (Å²) in [6, 6.07) is 0.434. The Balaban J connectivity index is 2.64. The van der Waals surface area contributed by atoms with E-state index in [4.69, 9.17) is 0 Å². The van der Waals surface area contributed by atoms with E-state index >= 15 is 0 Å². The summed E-state index contributed by atoms with van der Waals surface area (Å²) in [7, 11) is 0. The molecule has 2 heteroatoms. The van der Waals surface area contributed by atoms with Gasteiger partial charge < -0.3 is 5.32 Å². The molecule has 66 valence electrons. The number of nitrogens with one attached hydrogen (secondary N) is 1. The van der Waals surface area contributed by atoms with Gasteiger partial charge in [-0.15, -0.1) is 0 Å². The summed E-state index contributed by atoms with van der Waals surface area (Å²) < 4.78 is 0. The molecule has 12 heavy (non-hydrogen) atoms. The van der Waals surface area contributed by atoms with Gasteiger partial charge in [0, 0.05) is 6.04 Å². The van der Waals surface area contributed by atoms with Crippen LogP contribution in [0.1, 0.15) is 26.7 Å². The Kier molecular flexibility index (Phi) is 3.09. The molecule has 2 nitrogen and oxygen atoms in total. The molecular weight excluding hydrogens is 148 g/mol. The van der Waals surface area contributed by atoms with Crippen molar-refractivity contribution in [1.82, 2.24) is 5.32 Å². The highest BCUT2D eigenvalue weighted by atomic mass is 15.0. The summed E-state index contributed by atoms with van der Waals surface area (Å²) >= 11 is 0. The molecule has 1 N–H and O–H groups in total. The maximum Gasteiger partial charge on any atom is 0.127 e. The van der Waals surface area contributed by atoms with Crippen molar-refractivity contribution in [2.24, 2.45) is 4.99 Å². The van der Waals surface area contributed by atoms with Gasteiger partial charge in [-0.3, -0.25) is 4.99 Å². The van der Waals surface area contributed by atoms with Crippen LogP contribution < -0.4 is 5.32 Å². The minimum absolute atomic E-state index is 0.434. The van der Waals surface area contributed by atoms with Crippen LogP contribution in [0.5, 0.6) is 0 Å². The van der Waals surface area contributed by atoms with E-state index in [1.165, 1.54) is 0 Å². The summed E-state index contributed by atoms with van der Waals surface area (Å²) in [5, 5.41) is 3.12. The Morgan fingerprint density at radius 1 is 1.67 bits per heavy atom. The molecule has 0 radical (unpaired) electrons. The largest absolute Gasteiger partial charge is 0.347 e. The van der Waals surface area contributed by atoms with E-state index in [1.54, 1.807) is 0 Å². The maximum atomic E-state index is 4.46. The summed E-state index contributed by atoms with van der Waals surface area (Å²) in [5.41, 5.74) is 1.12. The van der Waals surface area contributed by atoms with E-state index in [1.807, 2.05) is 19.2 Å². The van der Waals surface area contributed by atoms with E-state index < -0.39 is 0 Å². The van der Waals surface area contributed by atoms with Crippen LogP contribution in [0.2, 0.25) is 0 Å². The van der Waals surface area contributed by atoms with Crippen LogP contribution in [0.25, 0.3) is 0 Å². The van der Waals surface area contributed by atoms with Gasteiger partial charge in [0.15, 0.2) is 0 Å². The van der Waals surface area contributed by atoms with Crippen LogP contribution in [-0.4, -0.2) is 11.9 Å². The fraction of sp³-hybridized carbons (Fsp3) is 0.500. The second-order valence-electron chi connectivity index (χ2n) is 3.11. The van der Waals surface area contributed by atoms with Crippen molar-refractivity contribution in [1.29, 1.82) is 0 Å². The second-order valence-corrected chi connectivity index (χ2v) is 3.11.